The van der Waals surface area contributed by atoms with Crippen LogP contribution in [0, 0.1) is 11.3 Å². The summed E-state index contributed by atoms with van der Waals surface area (Å²) in [6.07, 6.45) is -0.529. The fourth-order valence-electron chi connectivity index (χ4n) is 4.13. The molecule has 13 heteroatoms. The Bertz CT molecular complexity index is 1500. The molecule has 42 heavy (non-hydrogen) atoms. The van der Waals surface area contributed by atoms with Crippen LogP contribution in [-0.2, 0) is 16.0 Å². The lowest BCUT2D eigenvalue weighted by atomic mass is 10.1. The molecule has 3 amide bonds. The van der Waals surface area contributed by atoms with Gasteiger partial charge < -0.3 is 26.4 Å². The number of hydrogen-bond acceptors (Lipinski definition) is 9. The maximum absolute atomic E-state index is 12.4. The first kappa shape index (κ1) is 31.8. The van der Waals surface area contributed by atoms with Crippen LogP contribution in [0.1, 0.15) is 62.1 Å². The first-order chi connectivity index (χ1) is 19.8. The Morgan fingerprint density at radius 3 is 2.40 bits per heavy atom. The van der Waals surface area contributed by atoms with Crippen molar-refractivity contribution >= 4 is 42.0 Å². The number of nitrogens with zero attached hydrogens (tertiary/aromatic N) is 5. The van der Waals surface area contributed by atoms with Crippen molar-refractivity contribution < 1.29 is 19.5 Å². The summed E-state index contributed by atoms with van der Waals surface area (Å²) in [5.74, 6) is -0.171. The van der Waals surface area contributed by atoms with Gasteiger partial charge in [-0.05, 0) is 51.5 Å². The maximum atomic E-state index is 12.4. The molecule has 0 aliphatic rings. The molecule has 3 aromatic rings. The lowest BCUT2D eigenvalue weighted by Crippen LogP contribution is -2.48. The number of pyridine rings is 1. The van der Waals surface area contributed by atoms with Gasteiger partial charge in [-0.15, -0.1) is 0 Å². The summed E-state index contributed by atoms with van der Waals surface area (Å²) < 4.78 is 0. The van der Waals surface area contributed by atoms with E-state index in [0.29, 0.717) is 34.8 Å². The molecule has 0 bridgehead atoms. The summed E-state index contributed by atoms with van der Waals surface area (Å²) in [6.45, 7) is 7.16. The predicted molar refractivity (Wildman–Crippen MR) is 162 cm³/mol. The molecule has 220 valence electrons. The van der Waals surface area contributed by atoms with Gasteiger partial charge in [0.05, 0.1) is 11.4 Å². The van der Waals surface area contributed by atoms with E-state index in [1.807, 2.05) is 0 Å². The second kappa shape index (κ2) is 13.8. The minimum Gasteiger partial charge on any atom is -0.465 e. The first-order valence-electron chi connectivity index (χ1n) is 13.2. The van der Waals surface area contributed by atoms with Gasteiger partial charge in [0, 0.05) is 48.9 Å². The second-order valence-electron chi connectivity index (χ2n) is 10.5. The van der Waals surface area contributed by atoms with Gasteiger partial charge in [-0.2, -0.15) is 17.9 Å². The molecule has 0 aliphatic carbocycles. The van der Waals surface area contributed by atoms with Crippen molar-refractivity contribution in [3.8, 4) is 17.3 Å². The molecule has 1 aromatic carbocycles. The number of nitrogen functional groups attached to an aromatic ring is 1. The number of thiol groups is 1. The minimum absolute atomic E-state index is 0.00300. The van der Waals surface area contributed by atoms with Gasteiger partial charge in [0.1, 0.15) is 28.5 Å². The number of benzene rings is 1. The van der Waals surface area contributed by atoms with Crippen molar-refractivity contribution in [2.24, 2.45) is 0 Å². The van der Waals surface area contributed by atoms with Crippen LogP contribution in [0.3, 0.4) is 0 Å². The van der Waals surface area contributed by atoms with E-state index in [-0.39, 0.29) is 48.5 Å². The number of carbonyl (C=O) groups excluding carboxylic acids is 2. The molecule has 2 heterocycles. The van der Waals surface area contributed by atoms with Crippen molar-refractivity contribution in [2.45, 2.75) is 51.3 Å². The number of aryl methyl sites for hydroxylation is 1. The molecule has 2 aromatic heterocycles. The monoisotopic (exact) mass is 590 g/mol. The third-order valence-corrected chi connectivity index (χ3v) is 6.70. The molecule has 1 unspecified atom stereocenters. The zero-order valence-electron chi connectivity index (χ0n) is 23.9. The quantitative estimate of drug-likeness (QED) is 0.219. The molecular weight excluding hydrogens is 556 g/mol. The number of hydrogen-bond donors (Lipinski definition) is 5. The van der Waals surface area contributed by atoms with Gasteiger partial charge in [0.2, 0.25) is 11.8 Å². The highest BCUT2D eigenvalue weighted by molar-refractivity contribution is 7.80. The fourth-order valence-corrected chi connectivity index (χ4v) is 4.39. The number of amides is 3. The van der Waals surface area contributed by atoms with E-state index in [1.165, 1.54) is 11.8 Å². The van der Waals surface area contributed by atoms with Gasteiger partial charge >= 0.3 is 6.09 Å². The zero-order valence-corrected chi connectivity index (χ0v) is 24.8. The molecule has 0 aliphatic heterocycles. The largest absolute Gasteiger partial charge is 0.465 e. The number of nitrogens with two attached hydrogens (primary N) is 1. The summed E-state index contributed by atoms with van der Waals surface area (Å²) in [5, 5.41) is 23.9. The molecule has 0 radical (unpaired) electrons. The average molecular weight is 591 g/mol. The Hall–Kier alpha value is -4.70. The normalized spacial score (nSPS) is 11.7. The number of rotatable bonds is 10. The number of carboxylic acid groups (broad SMARTS) is 1. The van der Waals surface area contributed by atoms with E-state index in [2.05, 4.69) is 44.3 Å². The first-order valence-corrected chi connectivity index (χ1v) is 13.7. The summed E-state index contributed by atoms with van der Waals surface area (Å²) in [5.41, 5.74) is 8.39. The van der Waals surface area contributed by atoms with Crippen molar-refractivity contribution in [3.05, 3.63) is 65.2 Å². The van der Waals surface area contributed by atoms with Crippen LogP contribution in [0.25, 0.3) is 11.3 Å². The van der Waals surface area contributed by atoms with Crippen LogP contribution in [0.4, 0.5) is 16.3 Å². The second-order valence-corrected chi connectivity index (χ2v) is 11.0. The van der Waals surface area contributed by atoms with Gasteiger partial charge in [-0.25, -0.2) is 14.8 Å². The molecule has 12 nitrogen and oxygen atoms in total. The third kappa shape index (κ3) is 8.40. The Morgan fingerprint density at radius 1 is 1.12 bits per heavy atom. The minimum atomic E-state index is -1.04. The number of nitriles is 1. The third-order valence-electron chi connectivity index (χ3n) is 6.20. The molecule has 1 atom stereocenters. The van der Waals surface area contributed by atoms with Gasteiger partial charge in [0.25, 0.3) is 0 Å². The molecule has 5 N–H and O–H groups in total. The number of anilines is 2. The standard InChI is InChI=1S/C29H34N8O4S/c1-17(38)33-20-10-8-18(9-11-20)24-21(16-30)26(31)36-27(35-24)25(42)22-7-5-6-19(34-22)12-13-23(39)32-14-15-37(28(40)41)29(2,3)4/h5-11,25,42H,12-15H2,1-4H3,(H,32,39)(H,33,38)(H,40,41)(H2,31,35,36). The topological polar surface area (TPSA) is 187 Å². The van der Waals surface area contributed by atoms with Crippen molar-refractivity contribution in [2.75, 3.05) is 24.1 Å². The highest BCUT2D eigenvalue weighted by atomic mass is 32.1. The van der Waals surface area contributed by atoms with Crippen molar-refractivity contribution in [3.63, 3.8) is 0 Å². The van der Waals surface area contributed by atoms with Crippen LogP contribution in [0.2, 0.25) is 0 Å². The molecule has 0 saturated carbocycles. The van der Waals surface area contributed by atoms with Crippen LogP contribution < -0.4 is 16.4 Å². The molecule has 0 spiro atoms. The maximum Gasteiger partial charge on any atom is 0.407 e. The van der Waals surface area contributed by atoms with E-state index in [9.17, 15) is 24.8 Å². The van der Waals surface area contributed by atoms with Crippen LogP contribution in [0.15, 0.2) is 42.5 Å². The smallest absolute Gasteiger partial charge is 0.407 e. The van der Waals surface area contributed by atoms with Crippen LogP contribution in [0.5, 0.6) is 0 Å². The lowest BCUT2D eigenvalue weighted by molar-refractivity contribution is -0.121. The molecule has 0 fully saturated rings. The van der Waals surface area contributed by atoms with Gasteiger partial charge in [-0.1, -0.05) is 18.2 Å². The highest BCUT2D eigenvalue weighted by Crippen LogP contribution is 2.31. The average Bonchev–Trinajstić information content (AvgIpc) is 2.92. The Kier molecular flexibility index (Phi) is 10.4. The van der Waals surface area contributed by atoms with E-state index >= 15 is 0 Å². The predicted octanol–water partition coefficient (Wildman–Crippen LogP) is 3.80. The van der Waals surface area contributed by atoms with E-state index < -0.39 is 16.9 Å². The van der Waals surface area contributed by atoms with Crippen LogP contribution >= 0.6 is 12.6 Å². The van der Waals surface area contributed by atoms with E-state index in [0.717, 1.165) is 0 Å². The molecule has 3 rings (SSSR count). The fraction of sp³-hybridized carbons (Fsp3) is 0.345. The Balaban J connectivity index is 1.72. The number of aromatic nitrogens is 3. The van der Waals surface area contributed by atoms with Gasteiger partial charge in [0.15, 0.2) is 0 Å². The molecular formula is C29H34N8O4S. The van der Waals surface area contributed by atoms with E-state index in [1.54, 1.807) is 63.2 Å². The summed E-state index contributed by atoms with van der Waals surface area (Å²) in [4.78, 5) is 50.0. The Labute approximate surface area is 249 Å². The summed E-state index contributed by atoms with van der Waals surface area (Å²) in [6, 6.07) is 14.2. The lowest BCUT2D eigenvalue weighted by Gasteiger charge is -2.33. The SMILES string of the molecule is CC(=O)Nc1ccc(-c2nc(C(S)c3cccc(CCC(=O)NCCN(C(=O)O)C(C)(C)C)n3)nc(N)c2C#N)cc1. The van der Waals surface area contributed by atoms with Crippen molar-refractivity contribution in [1.82, 2.24) is 25.2 Å². The zero-order chi connectivity index (χ0) is 31.0. The number of carbonyl (C=O) groups is 3. The summed E-state index contributed by atoms with van der Waals surface area (Å²) in [7, 11) is 0. The van der Waals surface area contributed by atoms with Crippen molar-refractivity contribution in [1.29, 1.82) is 5.26 Å². The molecule has 0 saturated heterocycles. The van der Waals surface area contributed by atoms with Gasteiger partial charge in [-0.3, -0.25) is 14.6 Å². The summed E-state index contributed by atoms with van der Waals surface area (Å²) >= 11 is 4.69. The Morgan fingerprint density at radius 2 is 1.81 bits per heavy atom. The number of nitrogens with one attached hydrogen (secondary N) is 2. The van der Waals surface area contributed by atoms with E-state index in [4.69, 9.17) is 5.73 Å². The highest BCUT2D eigenvalue weighted by Gasteiger charge is 2.25. The van der Waals surface area contributed by atoms with Crippen LogP contribution in [-0.4, -0.2) is 61.5 Å².